The van der Waals surface area contributed by atoms with Gasteiger partial charge in [-0.15, -0.1) is 0 Å². The van der Waals surface area contributed by atoms with Gasteiger partial charge in [0.1, 0.15) is 36.6 Å². The van der Waals surface area contributed by atoms with Crippen molar-refractivity contribution in [2.24, 2.45) is 0 Å². The highest BCUT2D eigenvalue weighted by molar-refractivity contribution is 5.77. The first-order valence-electron chi connectivity index (χ1n) is 14.1. The molecule has 0 aromatic heterocycles. The standard InChI is InChI=1S/C26H48N2O12/c1-4-27-17(29)9-5-6-10-18(30)28(11-7-13-37-25-23(35)21(33)19(31)15(2)39-25)12-8-14-38-26-24(36)22(34)20(32)16(3)40-26/h15-16,19-26,31-36H,4-14H2,1-3H3,(H,27,29)/t15-,16-,19+,20+,21+,22+,23-,24-,25+,26+/m0/s1. The van der Waals surface area contributed by atoms with Gasteiger partial charge in [0, 0.05) is 32.5 Å². The van der Waals surface area contributed by atoms with Crippen LogP contribution < -0.4 is 5.32 Å². The lowest BCUT2D eigenvalue weighted by atomic mass is 10.0. The highest BCUT2D eigenvalue weighted by Crippen LogP contribution is 2.23. The molecule has 0 saturated carbocycles. The molecule has 0 aromatic carbocycles. The number of aliphatic hydroxyl groups is 6. The average molecular weight is 581 g/mol. The maximum absolute atomic E-state index is 12.9. The van der Waals surface area contributed by atoms with Crippen molar-refractivity contribution in [2.75, 3.05) is 32.8 Å². The third-order valence-electron chi connectivity index (χ3n) is 7.10. The van der Waals surface area contributed by atoms with Crippen molar-refractivity contribution in [3.63, 3.8) is 0 Å². The molecule has 7 N–H and O–H groups in total. The van der Waals surface area contributed by atoms with Gasteiger partial charge in [-0.05, 0) is 46.5 Å². The molecule has 0 bridgehead atoms. The van der Waals surface area contributed by atoms with E-state index < -0.39 is 61.4 Å². The second-order valence-corrected chi connectivity index (χ2v) is 10.4. The summed E-state index contributed by atoms with van der Waals surface area (Å²) in [7, 11) is 0. The molecule has 0 spiro atoms. The predicted octanol–water partition coefficient (Wildman–Crippen LogP) is -2.02. The molecule has 14 nitrogen and oxygen atoms in total. The maximum atomic E-state index is 12.9. The first kappa shape index (κ1) is 34.7. The van der Waals surface area contributed by atoms with Gasteiger partial charge in [-0.25, -0.2) is 0 Å². The van der Waals surface area contributed by atoms with Crippen LogP contribution in [0, 0.1) is 0 Å². The Morgan fingerprint density at radius 1 is 0.700 bits per heavy atom. The summed E-state index contributed by atoms with van der Waals surface area (Å²) in [5.41, 5.74) is 0. The fraction of sp³-hybridized carbons (Fsp3) is 0.923. The van der Waals surface area contributed by atoms with E-state index in [-0.39, 0.29) is 31.4 Å². The summed E-state index contributed by atoms with van der Waals surface area (Å²) >= 11 is 0. The number of nitrogens with one attached hydrogen (secondary N) is 1. The summed E-state index contributed by atoms with van der Waals surface area (Å²) in [4.78, 5) is 26.2. The minimum atomic E-state index is -1.41. The van der Waals surface area contributed by atoms with E-state index in [1.54, 1.807) is 18.7 Å². The van der Waals surface area contributed by atoms with Crippen LogP contribution in [0.1, 0.15) is 59.3 Å². The minimum absolute atomic E-state index is 0.0562. The Balaban J connectivity index is 1.82. The third-order valence-corrected chi connectivity index (χ3v) is 7.10. The van der Waals surface area contributed by atoms with E-state index in [0.717, 1.165) is 0 Å². The summed E-state index contributed by atoms with van der Waals surface area (Å²) < 4.78 is 22.0. The van der Waals surface area contributed by atoms with Gasteiger partial charge in [0.2, 0.25) is 11.8 Å². The van der Waals surface area contributed by atoms with Crippen LogP contribution in [-0.4, -0.2) is 142 Å². The molecule has 2 aliphatic rings. The molecule has 40 heavy (non-hydrogen) atoms. The number of rotatable bonds is 16. The lowest BCUT2D eigenvalue weighted by Crippen LogP contribution is -2.57. The monoisotopic (exact) mass is 580 g/mol. The molecule has 2 amide bonds. The van der Waals surface area contributed by atoms with E-state index >= 15 is 0 Å². The number of nitrogens with zero attached hydrogens (tertiary/aromatic N) is 1. The third kappa shape index (κ3) is 10.4. The number of hydrogen-bond acceptors (Lipinski definition) is 12. The lowest BCUT2D eigenvalue weighted by Gasteiger charge is -2.39. The summed E-state index contributed by atoms with van der Waals surface area (Å²) in [6.45, 7) is 6.40. The molecule has 14 heteroatoms. The Morgan fingerprint density at radius 2 is 1.15 bits per heavy atom. The van der Waals surface area contributed by atoms with E-state index in [9.17, 15) is 40.2 Å². The number of amides is 2. The second kappa shape index (κ2) is 17.5. The molecule has 2 fully saturated rings. The van der Waals surface area contributed by atoms with E-state index in [1.165, 1.54) is 0 Å². The Morgan fingerprint density at radius 3 is 1.60 bits per heavy atom. The van der Waals surface area contributed by atoms with Crippen LogP contribution >= 0.6 is 0 Å². The number of unbranched alkanes of at least 4 members (excludes halogenated alkanes) is 1. The Hall–Kier alpha value is -1.46. The molecule has 234 valence electrons. The van der Waals surface area contributed by atoms with Crippen molar-refractivity contribution in [3.8, 4) is 0 Å². The minimum Gasteiger partial charge on any atom is -0.388 e. The van der Waals surface area contributed by atoms with Crippen molar-refractivity contribution in [3.05, 3.63) is 0 Å². The quantitative estimate of drug-likeness (QED) is 0.0988. The van der Waals surface area contributed by atoms with Crippen LogP contribution in [0.15, 0.2) is 0 Å². The molecule has 2 rings (SSSR count). The number of carbonyl (C=O) groups is 2. The van der Waals surface area contributed by atoms with Gasteiger partial charge in [0.25, 0.3) is 0 Å². The number of aliphatic hydroxyl groups excluding tert-OH is 6. The van der Waals surface area contributed by atoms with Crippen LogP contribution in [0.4, 0.5) is 0 Å². The zero-order valence-electron chi connectivity index (χ0n) is 23.6. The van der Waals surface area contributed by atoms with Crippen molar-refractivity contribution in [1.82, 2.24) is 10.2 Å². The normalized spacial score (nSPS) is 34.4. The van der Waals surface area contributed by atoms with Gasteiger partial charge in [-0.2, -0.15) is 0 Å². The van der Waals surface area contributed by atoms with Crippen molar-refractivity contribution >= 4 is 11.8 Å². The van der Waals surface area contributed by atoms with Crippen LogP contribution in [0.5, 0.6) is 0 Å². The fourth-order valence-electron chi connectivity index (χ4n) is 4.58. The van der Waals surface area contributed by atoms with Gasteiger partial charge in [-0.3, -0.25) is 9.59 Å². The maximum Gasteiger partial charge on any atom is 0.222 e. The van der Waals surface area contributed by atoms with Gasteiger partial charge in [0.05, 0.1) is 25.4 Å². The van der Waals surface area contributed by atoms with Crippen molar-refractivity contribution < 1.29 is 59.2 Å². The SMILES string of the molecule is CCNC(=O)CCCCC(=O)N(CCCO[C@@H]1O[C@@H](C)[C@@H](O)[C@@H](O)[C@@H]1O)CCCO[C@@H]1O[C@@H](C)[C@@H](O)[C@@H](O)[C@@H]1O. The van der Waals surface area contributed by atoms with E-state index in [2.05, 4.69) is 5.32 Å². The summed E-state index contributed by atoms with van der Waals surface area (Å²) in [6, 6.07) is 0. The van der Waals surface area contributed by atoms with Gasteiger partial charge in [-0.1, -0.05) is 0 Å². The largest absolute Gasteiger partial charge is 0.388 e. The zero-order valence-corrected chi connectivity index (χ0v) is 23.6. The Labute approximate surface area is 235 Å². The first-order valence-corrected chi connectivity index (χ1v) is 14.1. The molecule has 0 aliphatic carbocycles. The van der Waals surface area contributed by atoms with Crippen molar-refractivity contribution in [2.45, 2.75) is 121 Å². The smallest absolute Gasteiger partial charge is 0.222 e. The Bertz CT molecular complexity index is 719. The van der Waals surface area contributed by atoms with Crippen molar-refractivity contribution in [1.29, 1.82) is 0 Å². The highest BCUT2D eigenvalue weighted by atomic mass is 16.7. The van der Waals surface area contributed by atoms with E-state index in [0.29, 0.717) is 51.7 Å². The van der Waals surface area contributed by atoms with E-state index in [1.807, 2.05) is 6.92 Å². The molecule has 0 unspecified atom stereocenters. The molecule has 2 saturated heterocycles. The molecule has 0 aromatic rings. The average Bonchev–Trinajstić information content (AvgIpc) is 2.92. The van der Waals surface area contributed by atoms with Crippen LogP contribution in [0.25, 0.3) is 0 Å². The summed E-state index contributed by atoms with van der Waals surface area (Å²) in [5.74, 6) is -0.169. The number of ether oxygens (including phenoxy) is 4. The predicted molar refractivity (Wildman–Crippen MR) is 140 cm³/mol. The lowest BCUT2D eigenvalue weighted by molar-refractivity contribution is -0.293. The Kier molecular flexibility index (Phi) is 15.2. The van der Waals surface area contributed by atoms with Gasteiger partial charge in [0.15, 0.2) is 12.6 Å². The van der Waals surface area contributed by atoms with Crippen LogP contribution in [-0.2, 0) is 28.5 Å². The topological polar surface area (TPSA) is 208 Å². The molecular formula is C26H48N2O12. The molecule has 2 aliphatic heterocycles. The van der Waals surface area contributed by atoms with Gasteiger partial charge >= 0.3 is 0 Å². The second-order valence-electron chi connectivity index (χ2n) is 10.4. The molecule has 0 radical (unpaired) electrons. The molecule has 10 atom stereocenters. The number of carbonyl (C=O) groups excluding carboxylic acids is 2. The molecular weight excluding hydrogens is 532 g/mol. The highest BCUT2D eigenvalue weighted by Gasteiger charge is 2.43. The number of hydrogen-bond donors (Lipinski definition) is 7. The zero-order chi connectivity index (χ0) is 29.8. The van der Waals surface area contributed by atoms with E-state index in [4.69, 9.17) is 18.9 Å². The molecule has 2 heterocycles. The fourth-order valence-corrected chi connectivity index (χ4v) is 4.58. The van der Waals surface area contributed by atoms with Crippen LogP contribution in [0.3, 0.4) is 0 Å². The van der Waals surface area contributed by atoms with Gasteiger partial charge < -0.3 is 59.8 Å². The first-order chi connectivity index (χ1) is 19.0. The van der Waals surface area contributed by atoms with Crippen LogP contribution in [0.2, 0.25) is 0 Å². The summed E-state index contributed by atoms with van der Waals surface area (Å²) in [5, 5.41) is 62.4. The summed E-state index contributed by atoms with van der Waals surface area (Å²) in [6.07, 6.45) is -9.24.